The smallest absolute Gasteiger partial charge is 0.410 e. The molecular formula is C22H24BrF2N3O3. The van der Waals surface area contributed by atoms with Gasteiger partial charge in [-0.15, -0.1) is 0 Å². The van der Waals surface area contributed by atoms with Crippen molar-refractivity contribution >= 4 is 43.8 Å². The molecule has 31 heavy (non-hydrogen) atoms. The Bertz CT molecular complexity index is 1110. The Labute approximate surface area is 187 Å². The van der Waals surface area contributed by atoms with Gasteiger partial charge in [0.1, 0.15) is 11.4 Å². The van der Waals surface area contributed by atoms with E-state index in [1.807, 2.05) is 30.3 Å². The van der Waals surface area contributed by atoms with Crippen LogP contribution in [0.15, 0.2) is 34.8 Å². The molecule has 1 aromatic heterocycles. The van der Waals surface area contributed by atoms with Crippen LogP contribution in [-0.2, 0) is 9.47 Å². The van der Waals surface area contributed by atoms with E-state index in [0.29, 0.717) is 12.2 Å². The van der Waals surface area contributed by atoms with E-state index < -0.39 is 24.3 Å². The first-order chi connectivity index (χ1) is 14.6. The summed E-state index contributed by atoms with van der Waals surface area (Å²) in [5.74, 6) is 0.364. The molecule has 166 valence electrons. The van der Waals surface area contributed by atoms with Crippen LogP contribution in [0.3, 0.4) is 0 Å². The van der Waals surface area contributed by atoms with E-state index in [4.69, 9.17) is 9.72 Å². The number of carbonyl (C=O) groups excluding carboxylic acids is 1. The highest BCUT2D eigenvalue weighted by molar-refractivity contribution is 9.10. The fourth-order valence-corrected chi connectivity index (χ4v) is 4.37. The van der Waals surface area contributed by atoms with Crippen LogP contribution in [0.4, 0.5) is 13.6 Å². The molecule has 0 bridgehead atoms. The van der Waals surface area contributed by atoms with Gasteiger partial charge in [-0.2, -0.15) is 8.78 Å². The van der Waals surface area contributed by atoms with Crippen LogP contribution >= 0.6 is 15.9 Å². The number of hydrogen-bond acceptors (Lipinski definition) is 4. The number of nitrogens with one attached hydrogen (secondary N) is 1. The van der Waals surface area contributed by atoms with E-state index in [2.05, 4.69) is 25.7 Å². The number of benzene rings is 2. The number of aromatic amines is 1. The monoisotopic (exact) mass is 495 g/mol. The maximum atomic E-state index is 12.9. The van der Waals surface area contributed by atoms with Crippen molar-refractivity contribution in [1.29, 1.82) is 0 Å². The minimum atomic E-state index is -2.84. The summed E-state index contributed by atoms with van der Waals surface area (Å²) in [6.45, 7) is 2.66. The first kappa shape index (κ1) is 22.0. The molecule has 1 N–H and O–H groups in total. The maximum Gasteiger partial charge on any atom is 0.410 e. The Hall–Kier alpha value is -2.26. The Morgan fingerprint density at radius 3 is 2.81 bits per heavy atom. The quantitative estimate of drug-likeness (QED) is 0.480. The minimum absolute atomic E-state index is 0.134. The predicted octanol–water partition coefficient (Wildman–Crippen LogP) is 6.02. The third kappa shape index (κ3) is 4.82. The van der Waals surface area contributed by atoms with Crippen molar-refractivity contribution in [3.8, 4) is 0 Å². The van der Waals surface area contributed by atoms with Gasteiger partial charge in [-0.25, -0.2) is 9.78 Å². The largest absolute Gasteiger partial charge is 0.444 e. The zero-order valence-corrected chi connectivity index (χ0v) is 19.1. The van der Waals surface area contributed by atoms with E-state index in [9.17, 15) is 13.6 Å². The summed E-state index contributed by atoms with van der Waals surface area (Å²) < 4.78 is 36.2. The van der Waals surface area contributed by atoms with Crippen LogP contribution in [0.2, 0.25) is 0 Å². The van der Waals surface area contributed by atoms with Crippen LogP contribution in [0.1, 0.15) is 39.1 Å². The molecule has 2 heterocycles. The Kier molecular flexibility index (Phi) is 5.91. The van der Waals surface area contributed by atoms with Gasteiger partial charge in [0.05, 0.1) is 23.7 Å². The molecule has 1 aliphatic heterocycles. The van der Waals surface area contributed by atoms with Crippen molar-refractivity contribution in [2.45, 2.75) is 45.4 Å². The fraction of sp³-hybridized carbons (Fsp3) is 0.455. The zero-order chi connectivity index (χ0) is 22.3. The number of carbonyl (C=O) groups is 1. The highest BCUT2D eigenvalue weighted by Crippen LogP contribution is 2.37. The Balaban J connectivity index is 1.68. The van der Waals surface area contributed by atoms with Crippen molar-refractivity contribution in [3.05, 3.63) is 40.6 Å². The number of rotatable bonds is 4. The van der Waals surface area contributed by atoms with Crippen LogP contribution in [0.5, 0.6) is 0 Å². The van der Waals surface area contributed by atoms with Gasteiger partial charge in [0.2, 0.25) is 0 Å². The summed E-state index contributed by atoms with van der Waals surface area (Å²) in [6.07, 6.45) is -0.0405. The second-order valence-corrected chi connectivity index (χ2v) is 9.71. The number of halogens is 3. The van der Waals surface area contributed by atoms with Crippen LogP contribution < -0.4 is 0 Å². The van der Waals surface area contributed by atoms with Gasteiger partial charge >= 0.3 is 12.7 Å². The summed E-state index contributed by atoms with van der Waals surface area (Å²) in [4.78, 5) is 22.5. The SMILES string of the molecule is CC(C)(C)OC(=O)N1C[C@@H](COC(F)F)C[C@@H]1c1nc2ccc3cc(Br)ccc3c2[nH]1. The van der Waals surface area contributed by atoms with Gasteiger partial charge in [0.25, 0.3) is 0 Å². The fourth-order valence-electron chi connectivity index (χ4n) is 3.99. The van der Waals surface area contributed by atoms with E-state index in [0.717, 1.165) is 26.3 Å². The minimum Gasteiger partial charge on any atom is -0.444 e. The molecule has 0 aliphatic carbocycles. The summed E-state index contributed by atoms with van der Waals surface area (Å²) in [5, 5.41) is 2.06. The molecule has 6 nitrogen and oxygen atoms in total. The Morgan fingerprint density at radius 1 is 1.32 bits per heavy atom. The number of amides is 1. The van der Waals surface area contributed by atoms with E-state index in [-0.39, 0.29) is 19.1 Å². The normalized spacial score (nSPS) is 19.6. The highest BCUT2D eigenvalue weighted by atomic mass is 79.9. The molecule has 0 spiro atoms. The lowest BCUT2D eigenvalue weighted by Gasteiger charge is -2.27. The van der Waals surface area contributed by atoms with Crippen molar-refractivity contribution in [3.63, 3.8) is 0 Å². The van der Waals surface area contributed by atoms with Crippen molar-refractivity contribution < 1.29 is 23.0 Å². The first-order valence-electron chi connectivity index (χ1n) is 10.1. The lowest BCUT2D eigenvalue weighted by molar-refractivity contribution is -0.137. The second-order valence-electron chi connectivity index (χ2n) is 8.79. The second kappa shape index (κ2) is 8.35. The number of ether oxygens (including phenoxy) is 2. The van der Waals surface area contributed by atoms with Gasteiger partial charge in [0.15, 0.2) is 0 Å². The van der Waals surface area contributed by atoms with Gasteiger partial charge < -0.3 is 14.5 Å². The van der Waals surface area contributed by atoms with Gasteiger partial charge in [0, 0.05) is 22.3 Å². The van der Waals surface area contributed by atoms with Crippen molar-refractivity contribution in [2.24, 2.45) is 5.92 Å². The summed E-state index contributed by atoms with van der Waals surface area (Å²) in [7, 11) is 0. The maximum absolute atomic E-state index is 12.9. The molecule has 0 radical (unpaired) electrons. The van der Waals surface area contributed by atoms with Crippen LogP contribution in [0, 0.1) is 5.92 Å². The summed E-state index contributed by atoms with van der Waals surface area (Å²) in [5.41, 5.74) is 0.981. The van der Waals surface area contributed by atoms with E-state index in [1.165, 1.54) is 0 Å². The highest BCUT2D eigenvalue weighted by Gasteiger charge is 2.40. The number of H-pyrrole nitrogens is 1. The zero-order valence-electron chi connectivity index (χ0n) is 17.5. The third-order valence-electron chi connectivity index (χ3n) is 5.24. The van der Waals surface area contributed by atoms with Crippen LogP contribution in [0.25, 0.3) is 21.8 Å². The summed E-state index contributed by atoms with van der Waals surface area (Å²) >= 11 is 3.49. The molecule has 2 atom stereocenters. The average molecular weight is 496 g/mol. The van der Waals surface area contributed by atoms with Crippen LogP contribution in [-0.4, -0.2) is 46.3 Å². The first-order valence-corrected chi connectivity index (χ1v) is 10.9. The van der Waals surface area contributed by atoms with Gasteiger partial charge in [-0.3, -0.25) is 4.90 Å². The predicted molar refractivity (Wildman–Crippen MR) is 117 cm³/mol. The number of imidazole rings is 1. The van der Waals surface area contributed by atoms with Crippen molar-refractivity contribution in [1.82, 2.24) is 14.9 Å². The molecule has 4 rings (SSSR count). The van der Waals surface area contributed by atoms with E-state index in [1.54, 1.807) is 25.7 Å². The topological polar surface area (TPSA) is 67.4 Å². The van der Waals surface area contributed by atoms with Gasteiger partial charge in [-0.05, 0) is 50.8 Å². The number of aromatic nitrogens is 2. The standard InChI is InChI=1S/C22H24BrF2N3O3/c1-22(2,3)31-21(29)28-10-12(11-30-20(24)25)8-17(28)19-26-16-7-4-13-9-14(23)5-6-15(13)18(16)27-19/h4-7,9,12,17,20H,8,10-11H2,1-3H3,(H,26,27)/t12-,17+/m0/s1. The lowest BCUT2D eigenvalue weighted by atomic mass is 10.1. The molecule has 0 unspecified atom stereocenters. The molecule has 1 aliphatic rings. The molecular weight excluding hydrogens is 472 g/mol. The molecule has 0 saturated carbocycles. The third-order valence-corrected chi connectivity index (χ3v) is 5.74. The lowest BCUT2D eigenvalue weighted by Crippen LogP contribution is -2.37. The number of nitrogens with zero attached hydrogens (tertiary/aromatic N) is 2. The number of fused-ring (bicyclic) bond motifs is 3. The average Bonchev–Trinajstić information content (AvgIpc) is 3.28. The summed E-state index contributed by atoms with van der Waals surface area (Å²) in [6, 6.07) is 9.49. The number of likely N-dealkylation sites (tertiary alicyclic amines) is 1. The molecule has 3 aromatic rings. The molecule has 1 fully saturated rings. The Morgan fingerprint density at radius 2 is 2.10 bits per heavy atom. The molecule has 1 saturated heterocycles. The molecule has 9 heteroatoms. The van der Waals surface area contributed by atoms with Crippen molar-refractivity contribution in [2.75, 3.05) is 13.2 Å². The molecule has 1 amide bonds. The molecule has 2 aromatic carbocycles. The van der Waals surface area contributed by atoms with Gasteiger partial charge in [-0.1, -0.05) is 28.1 Å². The number of hydrogen-bond donors (Lipinski definition) is 1. The van der Waals surface area contributed by atoms with E-state index >= 15 is 0 Å². The number of alkyl halides is 2.